The van der Waals surface area contributed by atoms with Crippen LogP contribution in [0.25, 0.3) is 0 Å². The second-order valence-corrected chi connectivity index (χ2v) is 8.63. The molecule has 1 N–H and O–H groups in total. The Morgan fingerprint density at radius 3 is 2.96 bits per heavy atom. The lowest BCUT2D eigenvalue weighted by atomic mass is 9.88. The second kappa shape index (κ2) is 7.74. The van der Waals surface area contributed by atoms with Crippen molar-refractivity contribution >= 4 is 16.7 Å². The smallest absolute Gasteiger partial charge is 0.233 e. The fourth-order valence-electron chi connectivity index (χ4n) is 4.05. The Balaban J connectivity index is 1.35. The Bertz CT molecular complexity index is 830. The van der Waals surface area contributed by atoms with Gasteiger partial charge in [-0.25, -0.2) is 0 Å². The fraction of sp³-hybridized carbons (Fsp3) is 0.500. The maximum atomic E-state index is 12.5. The van der Waals surface area contributed by atoms with Crippen molar-refractivity contribution in [2.75, 3.05) is 5.75 Å². The van der Waals surface area contributed by atoms with E-state index in [-0.39, 0.29) is 17.7 Å². The van der Waals surface area contributed by atoms with Crippen molar-refractivity contribution in [1.82, 2.24) is 10.5 Å². The molecule has 138 valence electrons. The summed E-state index contributed by atoms with van der Waals surface area (Å²) in [5.74, 6) is 1.10. The van der Waals surface area contributed by atoms with Gasteiger partial charge in [-0.3, -0.25) is 9.00 Å². The van der Waals surface area contributed by atoms with E-state index in [2.05, 4.69) is 22.6 Å². The molecule has 6 heteroatoms. The van der Waals surface area contributed by atoms with E-state index in [0.29, 0.717) is 5.75 Å². The van der Waals surface area contributed by atoms with Crippen molar-refractivity contribution in [3.8, 4) is 0 Å². The molecular weight excluding hydrogens is 348 g/mol. The zero-order chi connectivity index (χ0) is 17.9. The van der Waals surface area contributed by atoms with Crippen molar-refractivity contribution in [3.05, 3.63) is 52.4 Å². The molecule has 5 nitrogen and oxygen atoms in total. The first-order valence-electron chi connectivity index (χ1n) is 9.39. The molecule has 0 fully saturated rings. The summed E-state index contributed by atoms with van der Waals surface area (Å²) >= 11 is 0. The fourth-order valence-corrected chi connectivity index (χ4v) is 5.06. The number of fused-ring (bicyclic) bond motifs is 2. The topological polar surface area (TPSA) is 72.2 Å². The molecule has 0 saturated carbocycles. The van der Waals surface area contributed by atoms with Crippen LogP contribution in [-0.2, 0) is 40.6 Å². The summed E-state index contributed by atoms with van der Waals surface area (Å²) in [7, 11) is -1.27. The van der Waals surface area contributed by atoms with Crippen LogP contribution in [0.15, 0.2) is 28.8 Å². The van der Waals surface area contributed by atoms with E-state index in [1.165, 1.54) is 11.1 Å². The molecule has 2 aromatic rings. The number of benzene rings is 1. The minimum atomic E-state index is -1.27. The largest absolute Gasteiger partial charge is 0.361 e. The van der Waals surface area contributed by atoms with E-state index in [0.717, 1.165) is 62.0 Å². The molecular formula is C20H24N2O3S. The molecule has 0 aliphatic heterocycles. The summed E-state index contributed by atoms with van der Waals surface area (Å²) in [6.45, 7) is 0. The van der Waals surface area contributed by atoms with Gasteiger partial charge in [0.2, 0.25) is 5.91 Å². The zero-order valence-corrected chi connectivity index (χ0v) is 15.6. The van der Waals surface area contributed by atoms with Crippen LogP contribution in [0.1, 0.15) is 59.9 Å². The molecule has 0 radical (unpaired) electrons. The highest BCUT2D eigenvalue weighted by molar-refractivity contribution is 7.84. The van der Waals surface area contributed by atoms with Gasteiger partial charge >= 0.3 is 0 Å². The van der Waals surface area contributed by atoms with Gasteiger partial charge in [-0.1, -0.05) is 29.4 Å². The third-order valence-electron chi connectivity index (χ3n) is 5.33. The van der Waals surface area contributed by atoms with Crippen LogP contribution in [-0.4, -0.2) is 21.0 Å². The van der Waals surface area contributed by atoms with Crippen LogP contribution in [0.5, 0.6) is 0 Å². The van der Waals surface area contributed by atoms with Crippen molar-refractivity contribution in [3.63, 3.8) is 0 Å². The van der Waals surface area contributed by atoms with Gasteiger partial charge in [0.05, 0.1) is 17.5 Å². The maximum Gasteiger partial charge on any atom is 0.233 e. The van der Waals surface area contributed by atoms with Crippen LogP contribution in [0, 0.1) is 0 Å². The van der Waals surface area contributed by atoms with E-state index in [1.54, 1.807) is 0 Å². The first-order chi connectivity index (χ1) is 12.7. The predicted molar refractivity (Wildman–Crippen MR) is 100 cm³/mol. The van der Waals surface area contributed by atoms with Crippen molar-refractivity contribution in [1.29, 1.82) is 0 Å². The lowest BCUT2D eigenvalue weighted by Gasteiger charge is -2.26. The summed E-state index contributed by atoms with van der Waals surface area (Å²) in [6.07, 6.45) is 7.16. The van der Waals surface area contributed by atoms with Gasteiger partial charge in [0, 0.05) is 22.8 Å². The summed E-state index contributed by atoms with van der Waals surface area (Å²) in [6, 6.07) is 8.29. The Morgan fingerprint density at radius 2 is 2.04 bits per heavy atom. The predicted octanol–water partition coefficient (Wildman–Crippen LogP) is 3.00. The molecule has 1 amide bonds. The number of carbonyl (C=O) groups is 1. The number of carbonyl (C=O) groups excluding carboxylic acids is 1. The van der Waals surface area contributed by atoms with Gasteiger partial charge in [0.1, 0.15) is 11.5 Å². The third-order valence-corrected chi connectivity index (χ3v) is 6.51. The third kappa shape index (κ3) is 3.75. The number of hydrogen-bond donors (Lipinski definition) is 1. The number of aryl methyl sites for hydroxylation is 2. The lowest BCUT2D eigenvalue weighted by molar-refractivity contribution is -0.119. The molecule has 2 aliphatic rings. The Hall–Kier alpha value is -1.95. The molecule has 0 spiro atoms. The molecule has 1 aromatic heterocycles. The van der Waals surface area contributed by atoms with Crippen LogP contribution in [0.2, 0.25) is 0 Å². The molecule has 0 unspecified atom stereocenters. The number of rotatable bonds is 5. The summed E-state index contributed by atoms with van der Waals surface area (Å²) in [5.41, 5.74) is 4.39. The monoisotopic (exact) mass is 372 g/mol. The molecule has 4 rings (SSSR count). The molecule has 1 heterocycles. The minimum Gasteiger partial charge on any atom is -0.361 e. The Labute approximate surface area is 156 Å². The van der Waals surface area contributed by atoms with Gasteiger partial charge in [-0.2, -0.15) is 0 Å². The van der Waals surface area contributed by atoms with Crippen molar-refractivity contribution < 1.29 is 13.5 Å². The first-order valence-corrected chi connectivity index (χ1v) is 10.9. The van der Waals surface area contributed by atoms with Gasteiger partial charge in [0.15, 0.2) is 0 Å². The van der Waals surface area contributed by atoms with Gasteiger partial charge in [-0.15, -0.1) is 0 Å². The molecule has 2 aliphatic carbocycles. The van der Waals surface area contributed by atoms with E-state index < -0.39 is 10.8 Å². The number of aromatic nitrogens is 1. The summed E-state index contributed by atoms with van der Waals surface area (Å²) in [4.78, 5) is 12.4. The quantitative estimate of drug-likeness (QED) is 0.876. The minimum absolute atomic E-state index is 0.0142. The first kappa shape index (κ1) is 17.5. The second-order valence-electron chi connectivity index (χ2n) is 7.18. The van der Waals surface area contributed by atoms with Gasteiger partial charge < -0.3 is 9.84 Å². The SMILES string of the molecule is O=C(C[S@@](=O)Cc1noc2c1CCCC2)N[C@H]1CCCc2ccccc21. The highest BCUT2D eigenvalue weighted by Gasteiger charge is 2.24. The molecule has 0 saturated heterocycles. The summed E-state index contributed by atoms with van der Waals surface area (Å²) in [5, 5.41) is 7.16. The van der Waals surface area contributed by atoms with Gasteiger partial charge in [0.25, 0.3) is 0 Å². The van der Waals surface area contributed by atoms with Crippen molar-refractivity contribution in [2.45, 2.75) is 56.7 Å². The number of amides is 1. The van der Waals surface area contributed by atoms with E-state index in [4.69, 9.17) is 4.52 Å². The van der Waals surface area contributed by atoms with E-state index in [1.807, 2.05) is 12.1 Å². The molecule has 26 heavy (non-hydrogen) atoms. The van der Waals surface area contributed by atoms with E-state index >= 15 is 0 Å². The number of nitrogens with one attached hydrogen (secondary N) is 1. The van der Waals surface area contributed by atoms with Crippen LogP contribution >= 0.6 is 0 Å². The van der Waals surface area contributed by atoms with E-state index in [9.17, 15) is 9.00 Å². The number of hydrogen-bond acceptors (Lipinski definition) is 4. The Kier molecular flexibility index (Phi) is 5.20. The number of nitrogens with zero attached hydrogens (tertiary/aromatic N) is 1. The Morgan fingerprint density at radius 1 is 1.19 bits per heavy atom. The normalized spacial score (nSPS) is 20.1. The molecule has 2 atom stereocenters. The average Bonchev–Trinajstić information content (AvgIpc) is 3.05. The summed E-state index contributed by atoms with van der Waals surface area (Å²) < 4.78 is 17.8. The van der Waals surface area contributed by atoms with Crippen LogP contribution in [0.3, 0.4) is 0 Å². The highest BCUT2D eigenvalue weighted by Crippen LogP contribution is 2.29. The van der Waals surface area contributed by atoms with Crippen molar-refractivity contribution in [2.24, 2.45) is 0 Å². The molecule has 1 aromatic carbocycles. The zero-order valence-electron chi connectivity index (χ0n) is 14.8. The van der Waals surface area contributed by atoms with Gasteiger partial charge in [-0.05, 0) is 49.7 Å². The standard InChI is InChI=1S/C20H24N2O3S/c23-20(21-17-10-5-7-14-6-1-2-8-15(14)17)13-26(24)12-18-16-9-3-4-11-19(16)25-22-18/h1-2,6,8,17H,3-5,7,9-13H2,(H,21,23)/t17-,26-/m0/s1. The lowest BCUT2D eigenvalue weighted by Crippen LogP contribution is -2.34. The average molecular weight is 372 g/mol. The van der Waals surface area contributed by atoms with Crippen LogP contribution in [0.4, 0.5) is 0 Å². The molecule has 0 bridgehead atoms. The maximum absolute atomic E-state index is 12.5. The van der Waals surface area contributed by atoms with Crippen LogP contribution < -0.4 is 5.32 Å². The highest BCUT2D eigenvalue weighted by atomic mass is 32.2.